The van der Waals surface area contributed by atoms with Crippen molar-refractivity contribution < 1.29 is 42.9 Å². The Morgan fingerprint density at radius 3 is 2.00 bits per heavy atom. The van der Waals surface area contributed by atoms with Gasteiger partial charge in [-0.05, 0) is 0 Å². The third-order valence-corrected chi connectivity index (χ3v) is 2.87. The molecule has 21 heavy (non-hydrogen) atoms. The van der Waals surface area contributed by atoms with Crippen molar-refractivity contribution in [3.8, 4) is 0 Å². The van der Waals surface area contributed by atoms with Gasteiger partial charge >= 0.3 is 23.9 Å². The summed E-state index contributed by atoms with van der Waals surface area (Å²) < 4.78 is 25.1. The van der Waals surface area contributed by atoms with E-state index in [-0.39, 0.29) is 0 Å². The van der Waals surface area contributed by atoms with E-state index in [0.717, 1.165) is 20.8 Å². The standard InChI is InChI=1S/C12H14O9/c1-4(13)17-9-7-8(20-11(9)16)10(18-5(2)14)12(21-7)19-6(3)15/h7-10,12H,1-3H3/t7-,8-,9-,10+,12-/m0/s1. The molecule has 2 aliphatic rings. The molecular formula is C12H14O9. The molecule has 9 heteroatoms. The summed E-state index contributed by atoms with van der Waals surface area (Å²) in [7, 11) is 0. The molecule has 0 N–H and O–H groups in total. The molecule has 9 nitrogen and oxygen atoms in total. The van der Waals surface area contributed by atoms with Gasteiger partial charge in [-0.2, -0.15) is 0 Å². The molecule has 2 fully saturated rings. The van der Waals surface area contributed by atoms with Gasteiger partial charge in [0, 0.05) is 20.8 Å². The minimum Gasteiger partial charge on any atom is -0.452 e. The van der Waals surface area contributed by atoms with E-state index in [1.54, 1.807) is 0 Å². The number of hydrogen-bond acceptors (Lipinski definition) is 9. The summed E-state index contributed by atoms with van der Waals surface area (Å²) in [4.78, 5) is 44.8. The molecule has 2 heterocycles. The van der Waals surface area contributed by atoms with Gasteiger partial charge < -0.3 is 23.7 Å². The Labute approximate surface area is 119 Å². The van der Waals surface area contributed by atoms with Gasteiger partial charge in [0.05, 0.1) is 0 Å². The molecule has 2 aliphatic heterocycles. The minimum absolute atomic E-state index is 0.659. The van der Waals surface area contributed by atoms with Gasteiger partial charge in [-0.15, -0.1) is 0 Å². The monoisotopic (exact) mass is 302 g/mol. The Morgan fingerprint density at radius 1 is 0.905 bits per heavy atom. The third-order valence-electron chi connectivity index (χ3n) is 2.87. The predicted molar refractivity (Wildman–Crippen MR) is 61.4 cm³/mol. The van der Waals surface area contributed by atoms with Crippen molar-refractivity contribution in [3.05, 3.63) is 0 Å². The molecule has 0 bridgehead atoms. The van der Waals surface area contributed by atoms with Crippen molar-refractivity contribution in [1.29, 1.82) is 0 Å². The Bertz CT molecular complexity index is 485. The molecule has 0 radical (unpaired) electrons. The lowest BCUT2D eigenvalue weighted by atomic mass is 10.1. The summed E-state index contributed by atoms with van der Waals surface area (Å²) in [6.07, 6.45) is -5.63. The molecular weight excluding hydrogens is 288 g/mol. The van der Waals surface area contributed by atoms with Crippen LogP contribution < -0.4 is 0 Å². The molecule has 0 spiro atoms. The summed E-state index contributed by atoms with van der Waals surface area (Å²) in [5.41, 5.74) is 0. The molecule has 0 amide bonds. The first-order chi connectivity index (χ1) is 9.79. The Kier molecular flexibility index (Phi) is 4.12. The van der Waals surface area contributed by atoms with Crippen molar-refractivity contribution in [2.24, 2.45) is 0 Å². The fraction of sp³-hybridized carbons (Fsp3) is 0.667. The van der Waals surface area contributed by atoms with Gasteiger partial charge in [-0.1, -0.05) is 0 Å². The van der Waals surface area contributed by atoms with Crippen LogP contribution in [0.15, 0.2) is 0 Å². The van der Waals surface area contributed by atoms with Crippen molar-refractivity contribution in [2.45, 2.75) is 51.5 Å². The molecule has 2 rings (SSSR count). The zero-order valence-corrected chi connectivity index (χ0v) is 11.6. The maximum atomic E-state index is 11.7. The van der Waals surface area contributed by atoms with Crippen LogP contribution in [0.25, 0.3) is 0 Å². The van der Waals surface area contributed by atoms with Crippen LogP contribution in [0, 0.1) is 0 Å². The van der Waals surface area contributed by atoms with E-state index in [0.29, 0.717) is 0 Å². The number of carbonyl (C=O) groups is 4. The molecule has 2 saturated heterocycles. The number of hydrogen-bond donors (Lipinski definition) is 0. The zero-order chi connectivity index (χ0) is 15.7. The Balaban J connectivity index is 2.19. The van der Waals surface area contributed by atoms with Crippen molar-refractivity contribution >= 4 is 23.9 Å². The van der Waals surface area contributed by atoms with Gasteiger partial charge in [0.1, 0.15) is 0 Å². The van der Waals surface area contributed by atoms with E-state index in [9.17, 15) is 19.2 Å². The summed E-state index contributed by atoms with van der Waals surface area (Å²) in [5.74, 6) is -2.82. The quantitative estimate of drug-likeness (QED) is 0.481. The van der Waals surface area contributed by atoms with Crippen LogP contribution in [0.3, 0.4) is 0 Å². The molecule has 5 atom stereocenters. The smallest absolute Gasteiger partial charge is 0.350 e. The lowest BCUT2D eigenvalue weighted by molar-refractivity contribution is -0.205. The van der Waals surface area contributed by atoms with Crippen LogP contribution in [0.1, 0.15) is 20.8 Å². The van der Waals surface area contributed by atoms with E-state index >= 15 is 0 Å². The molecule has 0 aromatic rings. The first-order valence-electron chi connectivity index (χ1n) is 6.17. The lowest BCUT2D eigenvalue weighted by Gasteiger charge is -2.20. The summed E-state index contributed by atoms with van der Waals surface area (Å²) in [6.45, 7) is 3.43. The first-order valence-corrected chi connectivity index (χ1v) is 6.17. The van der Waals surface area contributed by atoms with Gasteiger partial charge in [-0.3, -0.25) is 14.4 Å². The highest BCUT2D eigenvalue weighted by Gasteiger charge is 2.61. The normalized spacial score (nSPS) is 33.9. The number of rotatable bonds is 3. The largest absolute Gasteiger partial charge is 0.452 e. The highest BCUT2D eigenvalue weighted by atomic mass is 16.8. The zero-order valence-electron chi connectivity index (χ0n) is 11.6. The van der Waals surface area contributed by atoms with Crippen LogP contribution in [-0.2, 0) is 42.9 Å². The van der Waals surface area contributed by atoms with E-state index in [2.05, 4.69) is 0 Å². The summed E-state index contributed by atoms with van der Waals surface area (Å²) >= 11 is 0. The fourth-order valence-electron chi connectivity index (χ4n) is 2.23. The predicted octanol–water partition coefficient (Wildman–Crippen LogP) is -0.937. The highest BCUT2D eigenvalue weighted by Crippen LogP contribution is 2.35. The second kappa shape index (κ2) is 5.68. The lowest BCUT2D eigenvalue weighted by Crippen LogP contribution is -2.38. The van der Waals surface area contributed by atoms with Crippen molar-refractivity contribution in [2.75, 3.05) is 0 Å². The van der Waals surface area contributed by atoms with E-state index in [4.69, 9.17) is 23.7 Å². The fourth-order valence-corrected chi connectivity index (χ4v) is 2.23. The van der Waals surface area contributed by atoms with Crippen LogP contribution in [0.4, 0.5) is 0 Å². The van der Waals surface area contributed by atoms with E-state index in [1.807, 2.05) is 0 Å². The van der Waals surface area contributed by atoms with Crippen molar-refractivity contribution in [1.82, 2.24) is 0 Å². The van der Waals surface area contributed by atoms with E-state index < -0.39 is 54.6 Å². The van der Waals surface area contributed by atoms with Gasteiger partial charge in [0.2, 0.25) is 18.5 Å². The van der Waals surface area contributed by atoms with Crippen LogP contribution in [0.5, 0.6) is 0 Å². The van der Waals surface area contributed by atoms with Crippen LogP contribution in [-0.4, -0.2) is 54.6 Å². The molecule has 0 aromatic carbocycles. The Hall–Kier alpha value is -2.16. The molecule has 0 saturated carbocycles. The summed E-state index contributed by atoms with van der Waals surface area (Å²) in [6, 6.07) is 0. The number of fused-ring (bicyclic) bond motifs is 1. The number of carbonyl (C=O) groups excluding carboxylic acids is 4. The number of esters is 4. The second-order valence-electron chi connectivity index (χ2n) is 4.58. The van der Waals surface area contributed by atoms with Crippen LogP contribution >= 0.6 is 0 Å². The minimum atomic E-state index is -1.29. The SMILES string of the molecule is CC(=O)O[C@H]1O[C@H]2[C@H](OC(=O)[C@H]2OC(C)=O)[C@H]1OC(C)=O. The highest BCUT2D eigenvalue weighted by molar-refractivity contribution is 5.82. The third kappa shape index (κ3) is 3.13. The Morgan fingerprint density at radius 2 is 1.48 bits per heavy atom. The first kappa shape index (κ1) is 15.2. The molecule has 0 aliphatic carbocycles. The molecule has 0 unspecified atom stereocenters. The van der Waals surface area contributed by atoms with Gasteiger partial charge in [0.15, 0.2) is 12.2 Å². The topological polar surface area (TPSA) is 114 Å². The maximum absolute atomic E-state index is 11.7. The number of ether oxygens (including phenoxy) is 5. The maximum Gasteiger partial charge on any atom is 0.350 e. The van der Waals surface area contributed by atoms with Gasteiger partial charge in [-0.25, -0.2) is 4.79 Å². The van der Waals surface area contributed by atoms with E-state index in [1.165, 1.54) is 0 Å². The van der Waals surface area contributed by atoms with Gasteiger partial charge in [0.25, 0.3) is 0 Å². The average Bonchev–Trinajstić information content (AvgIpc) is 2.78. The molecule has 0 aromatic heterocycles. The second-order valence-corrected chi connectivity index (χ2v) is 4.58. The molecule has 116 valence electrons. The summed E-state index contributed by atoms with van der Waals surface area (Å²) in [5, 5.41) is 0. The van der Waals surface area contributed by atoms with Crippen LogP contribution in [0.2, 0.25) is 0 Å². The van der Waals surface area contributed by atoms with Crippen molar-refractivity contribution in [3.63, 3.8) is 0 Å². The average molecular weight is 302 g/mol.